The SMILES string of the molecule is COc1cc(CNC(=O)Nc2nc3ccccc3[nH]2)ccn1. The Labute approximate surface area is 126 Å². The number of amides is 2. The molecule has 3 N–H and O–H groups in total. The zero-order chi connectivity index (χ0) is 15.4. The van der Waals surface area contributed by atoms with Gasteiger partial charge in [-0.15, -0.1) is 0 Å². The van der Waals surface area contributed by atoms with Crippen molar-refractivity contribution >= 4 is 23.0 Å². The molecule has 0 atom stereocenters. The highest BCUT2D eigenvalue weighted by Crippen LogP contribution is 2.13. The molecule has 2 amide bonds. The van der Waals surface area contributed by atoms with E-state index in [-0.39, 0.29) is 6.03 Å². The summed E-state index contributed by atoms with van der Waals surface area (Å²) in [6.07, 6.45) is 1.63. The van der Waals surface area contributed by atoms with Gasteiger partial charge in [-0.3, -0.25) is 5.32 Å². The molecule has 0 aliphatic carbocycles. The molecule has 0 bridgehead atoms. The average molecular weight is 297 g/mol. The summed E-state index contributed by atoms with van der Waals surface area (Å²) in [6.45, 7) is 0.366. The number of ether oxygens (including phenoxy) is 1. The van der Waals surface area contributed by atoms with Gasteiger partial charge in [0.15, 0.2) is 0 Å². The van der Waals surface area contributed by atoms with Gasteiger partial charge >= 0.3 is 6.03 Å². The third-order valence-electron chi connectivity index (χ3n) is 3.08. The van der Waals surface area contributed by atoms with E-state index < -0.39 is 0 Å². The summed E-state index contributed by atoms with van der Waals surface area (Å²) < 4.78 is 5.04. The van der Waals surface area contributed by atoms with Gasteiger partial charge in [0.05, 0.1) is 18.1 Å². The topological polar surface area (TPSA) is 91.9 Å². The van der Waals surface area contributed by atoms with Gasteiger partial charge in [-0.2, -0.15) is 0 Å². The number of carbonyl (C=O) groups is 1. The maximum Gasteiger partial charge on any atom is 0.321 e. The van der Waals surface area contributed by atoms with Crippen LogP contribution in [-0.2, 0) is 6.54 Å². The van der Waals surface area contributed by atoms with Gasteiger partial charge in [-0.05, 0) is 23.8 Å². The number of anilines is 1. The first-order valence-corrected chi connectivity index (χ1v) is 6.73. The third-order valence-corrected chi connectivity index (χ3v) is 3.08. The van der Waals surface area contributed by atoms with Crippen LogP contribution in [0.25, 0.3) is 11.0 Å². The molecule has 0 aliphatic heterocycles. The van der Waals surface area contributed by atoms with Crippen molar-refractivity contribution in [3.05, 3.63) is 48.2 Å². The predicted molar refractivity (Wildman–Crippen MR) is 82.7 cm³/mol. The zero-order valence-corrected chi connectivity index (χ0v) is 12.0. The second-order valence-corrected chi connectivity index (χ2v) is 4.62. The first-order chi connectivity index (χ1) is 10.7. The van der Waals surface area contributed by atoms with Crippen molar-refractivity contribution in [2.75, 3.05) is 12.4 Å². The number of hydrogen-bond acceptors (Lipinski definition) is 4. The molecule has 0 unspecified atom stereocenters. The Kier molecular flexibility index (Phi) is 3.86. The van der Waals surface area contributed by atoms with Gasteiger partial charge in [0, 0.05) is 18.8 Å². The van der Waals surface area contributed by atoms with Crippen LogP contribution in [0.3, 0.4) is 0 Å². The van der Waals surface area contributed by atoms with Crippen LogP contribution in [0.1, 0.15) is 5.56 Å². The monoisotopic (exact) mass is 297 g/mol. The normalized spacial score (nSPS) is 10.4. The maximum absolute atomic E-state index is 11.9. The van der Waals surface area contributed by atoms with Gasteiger partial charge in [0.1, 0.15) is 0 Å². The Bertz CT molecular complexity index is 766. The van der Waals surface area contributed by atoms with E-state index in [1.807, 2.05) is 30.3 Å². The molecule has 0 saturated carbocycles. The van der Waals surface area contributed by atoms with E-state index in [1.54, 1.807) is 19.4 Å². The predicted octanol–water partition coefficient (Wildman–Crippen LogP) is 2.29. The number of nitrogens with zero attached hydrogens (tertiary/aromatic N) is 2. The molecular formula is C15H15N5O2. The van der Waals surface area contributed by atoms with E-state index in [4.69, 9.17) is 4.74 Å². The molecule has 0 spiro atoms. The highest BCUT2D eigenvalue weighted by atomic mass is 16.5. The van der Waals surface area contributed by atoms with Crippen LogP contribution < -0.4 is 15.4 Å². The summed E-state index contributed by atoms with van der Waals surface area (Å²) in [5.74, 6) is 0.919. The Hall–Kier alpha value is -3.09. The quantitative estimate of drug-likeness (QED) is 0.689. The third kappa shape index (κ3) is 3.14. The molecule has 22 heavy (non-hydrogen) atoms. The number of fused-ring (bicyclic) bond motifs is 1. The second-order valence-electron chi connectivity index (χ2n) is 4.62. The van der Waals surface area contributed by atoms with E-state index in [0.29, 0.717) is 18.4 Å². The first-order valence-electron chi connectivity index (χ1n) is 6.73. The number of rotatable bonds is 4. The van der Waals surface area contributed by atoms with Crippen molar-refractivity contribution in [3.8, 4) is 5.88 Å². The lowest BCUT2D eigenvalue weighted by molar-refractivity contribution is 0.251. The number of nitrogens with one attached hydrogen (secondary N) is 3. The van der Waals surface area contributed by atoms with E-state index in [0.717, 1.165) is 16.6 Å². The molecule has 7 heteroatoms. The fourth-order valence-electron chi connectivity index (χ4n) is 2.02. The van der Waals surface area contributed by atoms with Crippen molar-refractivity contribution in [2.24, 2.45) is 0 Å². The number of para-hydroxylation sites is 2. The van der Waals surface area contributed by atoms with Crippen LogP contribution in [0.4, 0.5) is 10.7 Å². The minimum Gasteiger partial charge on any atom is -0.481 e. The molecule has 7 nitrogen and oxygen atoms in total. The number of urea groups is 1. The smallest absolute Gasteiger partial charge is 0.321 e. The number of imidazole rings is 1. The highest BCUT2D eigenvalue weighted by Gasteiger charge is 2.06. The van der Waals surface area contributed by atoms with Crippen molar-refractivity contribution < 1.29 is 9.53 Å². The number of H-pyrrole nitrogens is 1. The van der Waals surface area contributed by atoms with Crippen LogP contribution in [0.5, 0.6) is 5.88 Å². The number of aromatic amines is 1. The number of hydrogen-bond donors (Lipinski definition) is 3. The van der Waals surface area contributed by atoms with E-state index in [2.05, 4.69) is 25.6 Å². The number of methoxy groups -OCH3 is 1. The van der Waals surface area contributed by atoms with Crippen molar-refractivity contribution in [3.63, 3.8) is 0 Å². The molecular weight excluding hydrogens is 282 g/mol. The van der Waals surface area contributed by atoms with Crippen LogP contribution in [0, 0.1) is 0 Å². The fourth-order valence-corrected chi connectivity index (χ4v) is 2.02. The summed E-state index contributed by atoms with van der Waals surface area (Å²) in [5, 5.41) is 5.42. The molecule has 112 valence electrons. The van der Waals surface area contributed by atoms with E-state index in [9.17, 15) is 4.79 Å². The molecule has 0 aliphatic rings. The van der Waals surface area contributed by atoms with Gasteiger partial charge in [0.2, 0.25) is 11.8 Å². The van der Waals surface area contributed by atoms with Gasteiger partial charge in [-0.25, -0.2) is 14.8 Å². The van der Waals surface area contributed by atoms with Crippen molar-refractivity contribution in [1.82, 2.24) is 20.3 Å². The summed E-state index contributed by atoms with van der Waals surface area (Å²) >= 11 is 0. The number of carbonyl (C=O) groups excluding carboxylic acids is 1. The number of benzene rings is 1. The second kappa shape index (κ2) is 6.13. The Morgan fingerprint density at radius 1 is 1.32 bits per heavy atom. The first kappa shape index (κ1) is 13.9. The zero-order valence-electron chi connectivity index (χ0n) is 12.0. The largest absolute Gasteiger partial charge is 0.481 e. The van der Waals surface area contributed by atoms with Gasteiger partial charge in [-0.1, -0.05) is 12.1 Å². The standard InChI is InChI=1S/C15H15N5O2/c1-22-13-8-10(6-7-16-13)9-17-15(21)20-14-18-11-4-2-3-5-12(11)19-14/h2-8H,9H2,1H3,(H3,17,18,19,20,21). The van der Waals surface area contributed by atoms with Crippen LogP contribution in [0.2, 0.25) is 0 Å². The number of pyridine rings is 1. The lowest BCUT2D eigenvalue weighted by Gasteiger charge is -2.06. The lowest BCUT2D eigenvalue weighted by atomic mass is 10.2. The summed E-state index contributed by atoms with van der Waals surface area (Å²) in [7, 11) is 1.55. The molecule has 1 aromatic carbocycles. The molecule has 3 aromatic rings. The van der Waals surface area contributed by atoms with Crippen molar-refractivity contribution in [1.29, 1.82) is 0 Å². The molecule has 0 saturated heterocycles. The van der Waals surface area contributed by atoms with Crippen LogP contribution in [0.15, 0.2) is 42.6 Å². The number of aromatic nitrogens is 3. The molecule has 0 radical (unpaired) electrons. The molecule has 3 rings (SSSR count). The van der Waals surface area contributed by atoms with Crippen LogP contribution in [-0.4, -0.2) is 28.1 Å². The summed E-state index contributed by atoms with van der Waals surface area (Å²) in [6, 6.07) is 10.8. The Morgan fingerprint density at radius 2 is 2.18 bits per heavy atom. The van der Waals surface area contributed by atoms with Crippen LogP contribution >= 0.6 is 0 Å². The van der Waals surface area contributed by atoms with Crippen molar-refractivity contribution in [2.45, 2.75) is 6.54 Å². The van der Waals surface area contributed by atoms with Gasteiger partial charge < -0.3 is 15.0 Å². The Balaban J connectivity index is 1.60. The summed E-state index contributed by atoms with van der Waals surface area (Å²) in [5.41, 5.74) is 2.57. The minimum absolute atomic E-state index is 0.338. The molecule has 0 fully saturated rings. The Morgan fingerprint density at radius 3 is 3.00 bits per heavy atom. The highest BCUT2D eigenvalue weighted by molar-refractivity contribution is 5.89. The summed E-state index contributed by atoms with van der Waals surface area (Å²) in [4.78, 5) is 23.2. The van der Waals surface area contributed by atoms with E-state index >= 15 is 0 Å². The maximum atomic E-state index is 11.9. The molecule has 2 heterocycles. The minimum atomic E-state index is -0.338. The lowest BCUT2D eigenvalue weighted by Crippen LogP contribution is -2.28. The van der Waals surface area contributed by atoms with E-state index in [1.165, 1.54) is 0 Å². The van der Waals surface area contributed by atoms with Gasteiger partial charge in [0.25, 0.3) is 0 Å². The molecule has 2 aromatic heterocycles. The average Bonchev–Trinajstić information content (AvgIpc) is 2.95. The fraction of sp³-hybridized carbons (Fsp3) is 0.133.